The topological polar surface area (TPSA) is 209 Å². The Morgan fingerprint density at radius 1 is 0.713 bits per heavy atom. The number of ketones is 1. The zero-order chi connectivity index (χ0) is 68.8. The Hall–Kier alpha value is -6.29. The highest BCUT2D eigenvalue weighted by molar-refractivity contribution is 6.74. The number of amides is 1. The molecule has 4 fully saturated rings. The molecule has 4 aliphatic carbocycles. The molecule has 94 heavy (non-hydrogen) atoms. The third-order valence-corrected chi connectivity index (χ3v) is 30.4. The van der Waals surface area contributed by atoms with Crippen LogP contribution in [0.3, 0.4) is 0 Å². The van der Waals surface area contributed by atoms with Gasteiger partial charge in [0.1, 0.15) is 29.0 Å². The molecule has 1 heterocycles. The van der Waals surface area contributed by atoms with Crippen molar-refractivity contribution in [1.82, 2.24) is 5.32 Å². The molecule has 0 aromatic heterocycles. The molecule has 3 saturated carbocycles. The molecule has 1 saturated heterocycles. The average molecular weight is 1330 g/mol. The van der Waals surface area contributed by atoms with Gasteiger partial charge in [-0.25, -0.2) is 14.4 Å². The van der Waals surface area contributed by atoms with Gasteiger partial charge in [-0.2, -0.15) is 0 Å². The van der Waals surface area contributed by atoms with Crippen LogP contribution in [0.25, 0.3) is 0 Å². The predicted octanol–water partition coefficient (Wildman–Crippen LogP) is 15.7. The van der Waals surface area contributed by atoms with Gasteiger partial charge < -0.3 is 47.7 Å². The van der Waals surface area contributed by atoms with Crippen molar-refractivity contribution in [3.63, 3.8) is 0 Å². The van der Waals surface area contributed by atoms with Crippen LogP contribution in [0.5, 0.6) is 0 Å². The van der Waals surface area contributed by atoms with Crippen LogP contribution in [0.15, 0.2) is 145 Å². The van der Waals surface area contributed by atoms with Crippen molar-refractivity contribution in [3.8, 4) is 0 Å². The summed E-state index contributed by atoms with van der Waals surface area (Å²) in [4.78, 5) is 90.8. The summed E-state index contributed by atoms with van der Waals surface area (Å²) in [5.41, 5.74) is -9.22. The largest absolute Gasteiger partial charge is 0.455 e. The minimum atomic E-state index is -2.81. The Morgan fingerprint density at radius 2 is 1.23 bits per heavy atom. The van der Waals surface area contributed by atoms with Crippen LogP contribution in [0, 0.1) is 16.7 Å². The van der Waals surface area contributed by atoms with Crippen molar-refractivity contribution in [2.24, 2.45) is 16.7 Å². The molecule has 2 aromatic carbocycles. The number of aliphatic hydroxyl groups is 1. The summed E-state index contributed by atoms with van der Waals surface area (Å²) in [6.45, 7) is 25.7. The van der Waals surface area contributed by atoms with Crippen LogP contribution in [-0.4, -0.2) is 117 Å². The molecule has 0 bridgehead atoms. The molecule has 16 nitrogen and oxygen atoms in total. The van der Waals surface area contributed by atoms with Gasteiger partial charge in [0.25, 0.3) is 0 Å². The van der Waals surface area contributed by atoms with Gasteiger partial charge in [0.2, 0.25) is 0 Å². The normalized spacial score (nSPS) is 28.2. The number of alkyl carbamates (subject to hydrolysis) is 1. The van der Waals surface area contributed by atoms with E-state index in [9.17, 15) is 19.5 Å². The molecule has 12 atom stereocenters. The molecule has 2 unspecified atom stereocenters. The van der Waals surface area contributed by atoms with Gasteiger partial charge in [0, 0.05) is 26.2 Å². The van der Waals surface area contributed by atoms with Crippen LogP contribution in [-0.2, 0) is 56.5 Å². The minimum Gasteiger partial charge on any atom is -0.455 e. The maximum Gasteiger partial charge on any atom is 0.408 e. The number of benzene rings is 2. The first-order valence-electron chi connectivity index (χ1n) is 34.5. The van der Waals surface area contributed by atoms with E-state index in [0.29, 0.717) is 53.8 Å². The number of fused-ring (bicyclic) bond motifs is 3. The molecule has 1 amide bonds. The number of Topliss-reactive ketones (excluding diaryl/α,β-unsaturated/α-hetero) is 1. The molecule has 0 spiro atoms. The zero-order valence-electron chi connectivity index (χ0n) is 58.4. The Morgan fingerprint density at radius 3 is 1.72 bits per heavy atom. The number of hydrogen-bond acceptors (Lipinski definition) is 15. The molecule has 2 N–H and O–H groups in total. The molecular formula is C76H107NO15Si2. The number of allylic oxidation sites excluding steroid dienone is 12. The molecule has 0 radical (unpaired) electrons. The molecule has 2 aromatic rings. The van der Waals surface area contributed by atoms with E-state index in [4.69, 9.17) is 37.3 Å². The Labute approximate surface area is 561 Å². The first kappa shape index (κ1) is 75.1. The van der Waals surface area contributed by atoms with E-state index in [2.05, 4.69) is 93.8 Å². The van der Waals surface area contributed by atoms with Crippen molar-refractivity contribution < 1.29 is 71.1 Å². The maximum atomic E-state index is 17.1. The third-order valence-electron chi connectivity index (χ3n) is 21.1. The summed E-state index contributed by atoms with van der Waals surface area (Å²) in [6, 6.07) is 20.0. The van der Waals surface area contributed by atoms with Crippen LogP contribution in [0.1, 0.15) is 183 Å². The molecule has 18 heteroatoms. The zero-order valence-corrected chi connectivity index (χ0v) is 60.4. The fourth-order valence-electron chi connectivity index (χ4n) is 15.3. The Balaban J connectivity index is 1.33. The lowest BCUT2D eigenvalue weighted by molar-refractivity contribution is -0.375. The summed E-state index contributed by atoms with van der Waals surface area (Å²) in [5, 5.41) is 17.5. The van der Waals surface area contributed by atoms with Gasteiger partial charge in [-0.1, -0.05) is 170 Å². The number of hydrogen-bond donors (Lipinski definition) is 2. The number of carbonyl (C=O) groups excluding carboxylic acids is 6. The number of nitrogens with one attached hydrogen (secondary N) is 1. The van der Waals surface area contributed by atoms with Crippen LogP contribution < -0.4 is 5.32 Å². The summed E-state index contributed by atoms with van der Waals surface area (Å²) in [6.07, 6.45) is 22.7. The standard InChI is InChI=1S/C76H107NO15Si2/c1-15-22-23-24-25-26-27-28-29-30-31-32-33-34-35-36-37-38-45-50-60(79)86-63-61-54(8)76(89-69(82)64(92-94(19-5,20-6)21-7)62(56-46-41-39-42-47-56)77-70(83)90-71(10,11)12)52-75(84,73(61,76)14)67(87-68(81)57-48-43-40-44-49-57)65-72(13,66(63)80)58(91-93(16-2,17-3)18-4)51-59-74(65,53-85-59)88-55(9)78/h22-23,25-26,28-29,31-32,34-35,37-44,46-49,58-59,62-65,67,84H,15-21,24,27,30,33,36,45,50-53H2,1-14H3,(H,77,83)/b23-22-,26-25-,29-28-,32-31-,35-34-,38-37-/t58-,59+,62?,63+,64+,65-,67-,72+,73+,74-,75+,76?/m0/s1. The van der Waals surface area contributed by atoms with Crippen molar-refractivity contribution in [1.29, 1.82) is 0 Å². The van der Waals surface area contributed by atoms with E-state index in [1.54, 1.807) is 96.1 Å². The van der Waals surface area contributed by atoms with Gasteiger partial charge in [-0.05, 0) is 152 Å². The van der Waals surface area contributed by atoms with Crippen LogP contribution in [0.4, 0.5) is 4.79 Å². The van der Waals surface area contributed by atoms with E-state index in [1.165, 1.54) is 6.92 Å². The highest BCUT2D eigenvalue weighted by atomic mass is 28.4. The second kappa shape index (κ2) is 32.2. The van der Waals surface area contributed by atoms with E-state index in [-0.39, 0.29) is 37.0 Å². The predicted molar refractivity (Wildman–Crippen MR) is 370 cm³/mol. The summed E-state index contributed by atoms with van der Waals surface area (Å²) in [5.74, 6) is -5.15. The second-order valence-electron chi connectivity index (χ2n) is 27.4. The van der Waals surface area contributed by atoms with Gasteiger partial charge in [0.05, 0.1) is 41.1 Å². The van der Waals surface area contributed by atoms with Crippen molar-refractivity contribution in [2.45, 2.75) is 256 Å². The van der Waals surface area contributed by atoms with Gasteiger partial charge in [-0.15, -0.1) is 0 Å². The third kappa shape index (κ3) is 15.4. The summed E-state index contributed by atoms with van der Waals surface area (Å²) < 4.78 is 54.0. The second-order valence-corrected chi connectivity index (χ2v) is 36.9. The quantitative estimate of drug-likeness (QED) is 0.0295. The van der Waals surface area contributed by atoms with Crippen LogP contribution in [0.2, 0.25) is 36.3 Å². The van der Waals surface area contributed by atoms with Gasteiger partial charge in [0.15, 0.2) is 40.2 Å². The van der Waals surface area contributed by atoms with Crippen molar-refractivity contribution in [3.05, 3.63) is 156 Å². The maximum absolute atomic E-state index is 17.1. The monoisotopic (exact) mass is 1330 g/mol. The lowest BCUT2D eigenvalue weighted by atomic mass is 9.30. The highest BCUT2D eigenvalue weighted by Gasteiger charge is 2.90. The molecule has 514 valence electrons. The molecule has 1 aliphatic heterocycles. The lowest BCUT2D eigenvalue weighted by Gasteiger charge is -2.78. The van der Waals surface area contributed by atoms with E-state index in [0.717, 1.165) is 32.1 Å². The SMILES string of the molecule is CC/C=C\C/C=C\C/C=C\C/C=C\C/C=C\C/C=C\CCC(=O)O[C@H]1C(=O)[C@]2(C)[C@@H](O[Si](CC)(CC)CC)C[C@H]3OC[C@@]3(OC(C)=O)[C@H]2[C@H](OC(=O)c2ccccc2)[C@]2(O)CC3(OC(=O)[C@H](O[Si](CC)(CC)CC)C(NC(=O)OC(C)(C)C)c4ccccc4)C(C)=C1[C@@]32C. The Kier molecular flexibility index (Phi) is 25.7. The first-order chi connectivity index (χ1) is 44.8. The van der Waals surface area contributed by atoms with E-state index in [1.807, 2.05) is 39.0 Å². The van der Waals surface area contributed by atoms with Crippen molar-refractivity contribution in [2.75, 3.05) is 6.61 Å². The lowest BCUT2D eigenvalue weighted by Crippen LogP contribution is -2.90. The fraction of sp³-hybridized carbons (Fsp3) is 0.579. The van der Waals surface area contributed by atoms with Crippen molar-refractivity contribution >= 4 is 52.4 Å². The average Bonchev–Trinajstić information content (AvgIpc) is 0.621. The summed E-state index contributed by atoms with van der Waals surface area (Å²) in [7, 11) is -5.51. The van der Waals surface area contributed by atoms with Gasteiger partial charge >= 0.3 is 30.0 Å². The fourth-order valence-corrected chi connectivity index (χ4v) is 21.0. The Bertz CT molecular complexity index is 3160. The minimum absolute atomic E-state index is 0.0815. The first-order valence-corrected chi connectivity index (χ1v) is 39.6. The molecule has 5 aliphatic rings. The molecule has 7 rings (SSSR count). The van der Waals surface area contributed by atoms with E-state index < -0.39 is 135 Å². The van der Waals surface area contributed by atoms with E-state index >= 15 is 14.4 Å². The number of rotatable bonds is 33. The van der Waals surface area contributed by atoms with Crippen LogP contribution >= 0.6 is 0 Å². The highest BCUT2D eigenvalue weighted by Crippen LogP contribution is 2.78. The number of ether oxygens (including phenoxy) is 6. The number of esters is 4. The van der Waals surface area contributed by atoms with Gasteiger partial charge in [-0.3, -0.25) is 14.4 Å². The molecular weight excluding hydrogens is 1220 g/mol. The number of carbonyl (C=O) groups is 6. The summed E-state index contributed by atoms with van der Waals surface area (Å²) >= 11 is 0. The smallest absolute Gasteiger partial charge is 0.408 e.